The maximum Gasteiger partial charge on any atom is 0.0499 e. The molecule has 0 rings (SSSR count). The molecule has 0 N–H and O–H groups in total. The Kier molecular flexibility index (Phi) is 8.79. The van der Waals surface area contributed by atoms with Gasteiger partial charge in [0.15, 0.2) is 0 Å². The maximum atomic E-state index is 4.97. The Bertz CT molecular complexity index is 103. The van der Waals surface area contributed by atoms with Crippen LogP contribution in [0.3, 0.4) is 0 Å². The summed E-state index contributed by atoms with van der Waals surface area (Å²) in [6.07, 6.45) is 2.03. The first-order chi connectivity index (χ1) is 5.35. The van der Waals surface area contributed by atoms with Crippen LogP contribution in [0.4, 0.5) is 0 Å². The zero-order chi connectivity index (χ0) is 8.53. The molecule has 66 valence electrons. The lowest BCUT2D eigenvalue weighted by Gasteiger charge is -2.04. The molecular weight excluding hydrogens is 255 g/mol. The van der Waals surface area contributed by atoms with Gasteiger partial charge in [-0.3, -0.25) is 0 Å². The van der Waals surface area contributed by atoms with E-state index in [9.17, 15) is 0 Å². The van der Waals surface area contributed by atoms with E-state index in [2.05, 4.69) is 26.7 Å². The van der Waals surface area contributed by atoms with E-state index >= 15 is 0 Å². The Hall–Kier alpha value is 0.390. The van der Waals surface area contributed by atoms with Crippen molar-refractivity contribution < 1.29 is 9.47 Å². The van der Waals surface area contributed by atoms with Crippen LogP contribution >= 0.6 is 22.6 Å². The van der Waals surface area contributed by atoms with Crippen molar-refractivity contribution in [1.29, 1.82) is 0 Å². The average Bonchev–Trinajstić information content (AvgIpc) is 2.05. The molecule has 3 heteroatoms. The quantitative estimate of drug-likeness (QED) is 0.690. The summed E-state index contributed by atoms with van der Waals surface area (Å²) in [5, 5.41) is 0. The summed E-state index contributed by atoms with van der Waals surface area (Å²) in [6.45, 7) is 1.61. The summed E-state index contributed by atoms with van der Waals surface area (Å²) in [5.41, 5.74) is 1.40. The van der Waals surface area contributed by atoms with Crippen LogP contribution in [0, 0.1) is 0 Å². The minimum absolute atomic E-state index is 0.804. The van der Waals surface area contributed by atoms with Gasteiger partial charge >= 0.3 is 0 Å². The molecule has 0 fully saturated rings. The summed E-state index contributed by atoms with van der Waals surface area (Å²) in [5.74, 6) is 0. The normalized spacial score (nSPS) is 9.73. The molecule has 0 heterocycles. The molecule has 0 spiro atoms. The predicted octanol–water partition coefficient (Wildman–Crippen LogP) is 2.38. The van der Waals surface area contributed by atoms with Gasteiger partial charge in [0, 0.05) is 27.4 Å². The molecule has 0 atom stereocenters. The third kappa shape index (κ3) is 6.77. The van der Waals surface area contributed by atoms with Crippen LogP contribution in [0.15, 0.2) is 9.66 Å². The molecule has 0 aromatic carbocycles. The lowest BCUT2D eigenvalue weighted by molar-refractivity contribution is 0.189. The van der Waals surface area contributed by atoms with Gasteiger partial charge in [-0.25, -0.2) is 0 Å². The molecule has 0 aromatic rings. The minimum atomic E-state index is 0.804. The number of ether oxygens (including phenoxy) is 2. The summed E-state index contributed by atoms with van der Waals surface area (Å²) in [4.78, 5) is 0. The summed E-state index contributed by atoms with van der Waals surface area (Å²) in [6, 6.07) is 0. The van der Waals surface area contributed by atoms with Crippen LogP contribution < -0.4 is 0 Å². The second-order valence-electron chi connectivity index (χ2n) is 2.25. The van der Waals surface area contributed by atoms with Crippen molar-refractivity contribution in [2.75, 3.05) is 27.4 Å². The third-order valence-corrected chi connectivity index (χ3v) is 2.29. The Morgan fingerprint density at radius 3 is 1.91 bits per heavy atom. The molecule has 0 aromatic heterocycles. The highest BCUT2D eigenvalue weighted by Gasteiger charge is 1.95. The topological polar surface area (TPSA) is 18.5 Å². The van der Waals surface area contributed by atoms with E-state index in [1.807, 2.05) is 0 Å². The zero-order valence-corrected chi connectivity index (χ0v) is 9.26. The largest absolute Gasteiger partial charge is 0.384 e. The van der Waals surface area contributed by atoms with Gasteiger partial charge in [-0.05, 0) is 16.9 Å². The van der Waals surface area contributed by atoms with Crippen LogP contribution in [0.25, 0.3) is 0 Å². The molecule has 0 unspecified atom stereocenters. The van der Waals surface area contributed by atoms with Gasteiger partial charge in [0.25, 0.3) is 0 Å². The van der Waals surface area contributed by atoms with Gasteiger partial charge in [-0.15, -0.1) is 0 Å². The second kappa shape index (κ2) is 8.49. The fourth-order valence-corrected chi connectivity index (χ4v) is 1.32. The second-order valence-corrected chi connectivity index (χ2v) is 2.88. The van der Waals surface area contributed by atoms with Gasteiger partial charge in [-0.2, -0.15) is 0 Å². The first-order valence-corrected chi connectivity index (χ1v) is 4.85. The van der Waals surface area contributed by atoms with Crippen LogP contribution in [-0.2, 0) is 9.47 Å². The van der Waals surface area contributed by atoms with E-state index in [0.29, 0.717) is 0 Å². The number of hydrogen-bond acceptors (Lipinski definition) is 2. The van der Waals surface area contributed by atoms with Crippen molar-refractivity contribution in [3.63, 3.8) is 0 Å². The standard InChI is InChI=1S/C8H15IO2/c1-10-5-3-8(7-9)4-6-11-2/h7H,3-6H2,1-2H3. The lowest BCUT2D eigenvalue weighted by atomic mass is 10.2. The lowest BCUT2D eigenvalue weighted by Crippen LogP contribution is -1.96. The highest BCUT2D eigenvalue weighted by molar-refractivity contribution is 14.1. The molecule has 0 saturated carbocycles. The monoisotopic (exact) mass is 270 g/mol. The number of halogens is 1. The number of methoxy groups -OCH3 is 2. The van der Waals surface area contributed by atoms with E-state index in [1.54, 1.807) is 14.2 Å². The fourth-order valence-electron chi connectivity index (χ4n) is 0.700. The Labute approximate surface area is 82.1 Å². The van der Waals surface area contributed by atoms with E-state index in [-0.39, 0.29) is 0 Å². The van der Waals surface area contributed by atoms with Crippen LogP contribution in [0.5, 0.6) is 0 Å². The van der Waals surface area contributed by atoms with Gasteiger partial charge < -0.3 is 9.47 Å². The molecule has 0 bridgehead atoms. The highest BCUT2D eigenvalue weighted by atomic mass is 127. The van der Waals surface area contributed by atoms with Crippen molar-refractivity contribution in [3.05, 3.63) is 9.66 Å². The van der Waals surface area contributed by atoms with E-state index in [0.717, 1.165) is 26.1 Å². The van der Waals surface area contributed by atoms with Gasteiger partial charge in [0.2, 0.25) is 0 Å². The van der Waals surface area contributed by atoms with Crippen LogP contribution in [-0.4, -0.2) is 27.4 Å². The average molecular weight is 270 g/mol. The first kappa shape index (κ1) is 11.4. The van der Waals surface area contributed by atoms with Crippen molar-refractivity contribution in [3.8, 4) is 0 Å². The minimum Gasteiger partial charge on any atom is -0.384 e. The smallest absolute Gasteiger partial charge is 0.0499 e. The molecule has 0 amide bonds. The molecular formula is C8H15IO2. The van der Waals surface area contributed by atoms with Gasteiger partial charge in [0.1, 0.15) is 0 Å². The van der Waals surface area contributed by atoms with Crippen LogP contribution in [0.1, 0.15) is 12.8 Å². The molecule has 0 aliphatic rings. The molecule has 0 aliphatic heterocycles. The molecule has 0 saturated heterocycles. The fraction of sp³-hybridized carbons (Fsp3) is 0.750. The van der Waals surface area contributed by atoms with Gasteiger partial charge in [0.05, 0.1) is 0 Å². The SMILES string of the molecule is COCCC(=CI)CCOC. The molecule has 0 aliphatic carbocycles. The maximum absolute atomic E-state index is 4.97. The molecule has 11 heavy (non-hydrogen) atoms. The Morgan fingerprint density at radius 2 is 1.64 bits per heavy atom. The Morgan fingerprint density at radius 1 is 1.18 bits per heavy atom. The van der Waals surface area contributed by atoms with E-state index < -0.39 is 0 Å². The zero-order valence-electron chi connectivity index (χ0n) is 7.10. The molecule has 0 radical (unpaired) electrons. The summed E-state index contributed by atoms with van der Waals surface area (Å²) >= 11 is 2.26. The van der Waals surface area contributed by atoms with E-state index in [1.165, 1.54) is 5.57 Å². The third-order valence-electron chi connectivity index (χ3n) is 1.41. The summed E-state index contributed by atoms with van der Waals surface area (Å²) < 4.78 is 12.0. The van der Waals surface area contributed by atoms with Crippen molar-refractivity contribution in [2.45, 2.75) is 12.8 Å². The van der Waals surface area contributed by atoms with Crippen molar-refractivity contribution in [2.24, 2.45) is 0 Å². The highest BCUT2D eigenvalue weighted by Crippen LogP contribution is 2.09. The van der Waals surface area contributed by atoms with Crippen LogP contribution in [0.2, 0.25) is 0 Å². The molecule has 2 nitrogen and oxygen atoms in total. The predicted molar refractivity (Wildman–Crippen MR) is 55.1 cm³/mol. The van der Waals surface area contributed by atoms with E-state index in [4.69, 9.17) is 9.47 Å². The number of rotatable bonds is 6. The Balaban J connectivity index is 3.43. The summed E-state index contributed by atoms with van der Waals surface area (Å²) in [7, 11) is 3.45. The first-order valence-electron chi connectivity index (χ1n) is 3.61. The van der Waals surface area contributed by atoms with Crippen molar-refractivity contribution >= 4 is 22.6 Å². The number of hydrogen-bond donors (Lipinski definition) is 0. The van der Waals surface area contributed by atoms with Gasteiger partial charge in [-0.1, -0.05) is 28.2 Å². The van der Waals surface area contributed by atoms with Crippen molar-refractivity contribution in [1.82, 2.24) is 0 Å².